The number of hydrogen-bond acceptors (Lipinski definition) is 4. The summed E-state index contributed by atoms with van der Waals surface area (Å²) in [5.41, 5.74) is 5.50. The highest BCUT2D eigenvalue weighted by atomic mass is 32.2. The van der Waals surface area contributed by atoms with E-state index in [2.05, 4.69) is 31.0 Å². The van der Waals surface area contributed by atoms with Gasteiger partial charge in [0.05, 0.1) is 20.8 Å². The maximum Gasteiger partial charge on any atom is 0.279 e. The molecule has 0 N–H and O–H groups in total. The van der Waals surface area contributed by atoms with E-state index in [9.17, 15) is 13.2 Å². The van der Waals surface area contributed by atoms with Crippen molar-refractivity contribution in [2.75, 3.05) is 10.8 Å². The summed E-state index contributed by atoms with van der Waals surface area (Å²) in [7, 11) is -3.70. The number of amides is 1. The number of sulfonamides is 1. The van der Waals surface area contributed by atoms with Gasteiger partial charge in [-0.2, -0.15) is 4.99 Å². The Morgan fingerprint density at radius 3 is 2.53 bits per heavy atom. The number of thiazole rings is 1. The molecule has 34 heavy (non-hydrogen) atoms. The molecule has 8 heteroatoms. The van der Waals surface area contributed by atoms with Crippen LogP contribution in [-0.4, -0.2) is 25.4 Å². The number of benzene rings is 3. The summed E-state index contributed by atoms with van der Waals surface area (Å²) in [5.74, 6) is -0.390. The third kappa shape index (κ3) is 3.76. The average molecular weight is 492 g/mol. The predicted octanol–water partition coefficient (Wildman–Crippen LogP) is 4.83. The van der Waals surface area contributed by atoms with Crippen molar-refractivity contribution in [1.29, 1.82) is 0 Å². The summed E-state index contributed by atoms with van der Waals surface area (Å²) < 4.78 is 31.1. The molecule has 4 aromatic rings. The van der Waals surface area contributed by atoms with Gasteiger partial charge in [0, 0.05) is 18.7 Å². The van der Waals surface area contributed by atoms with Crippen molar-refractivity contribution in [3.8, 4) is 0 Å². The quantitative estimate of drug-likeness (QED) is 0.410. The van der Waals surface area contributed by atoms with Gasteiger partial charge in [0.1, 0.15) is 0 Å². The Labute approximate surface area is 202 Å². The number of fused-ring (bicyclic) bond motifs is 2. The molecule has 1 aliphatic heterocycles. The number of anilines is 1. The van der Waals surface area contributed by atoms with Gasteiger partial charge in [-0.05, 0) is 80.3 Å². The van der Waals surface area contributed by atoms with Crippen LogP contribution in [-0.2, 0) is 23.0 Å². The zero-order valence-electron chi connectivity index (χ0n) is 19.3. The Hall–Kier alpha value is -3.23. The van der Waals surface area contributed by atoms with Gasteiger partial charge in [-0.1, -0.05) is 35.6 Å². The highest BCUT2D eigenvalue weighted by Gasteiger charge is 2.30. The van der Waals surface area contributed by atoms with Crippen LogP contribution >= 0.6 is 11.3 Å². The van der Waals surface area contributed by atoms with Gasteiger partial charge in [0.2, 0.25) is 0 Å². The fourth-order valence-corrected chi connectivity index (χ4v) is 7.15. The Morgan fingerprint density at radius 1 is 1.06 bits per heavy atom. The summed E-state index contributed by atoms with van der Waals surface area (Å²) in [5, 5.41) is 0. The largest absolute Gasteiger partial charge is 0.317 e. The Balaban J connectivity index is 1.47. The van der Waals surface area contributed by atoms with Gasteiger partial charge in [0.15, 0.2) is 4.80 Å². The topological polar surface area (TPSA) is 71.7 Å². The van der Waals surface area contributed by atoms with E-state index in [1.165, 1.54) is 33.3 Å². The third-order valence-electron chi connectivity index (χ3n) is 6.16. The standard InChI is InChI=1S/C26H25N3O3S2/c1-4-28-23-16-17(2)15-18(3)24(23)33-26(28)27-25(30)20-9-11-21(12-10-20)34(31,32)29-14-13-19-7-5-6-8-22(19)29/h5-12,15-16H,4,13-14H2,1-3H3. The summed E-state index contributed by atoms with van der Waals surface area (Å²) in [6.45, 7) is 7.27. The minimum absolute atomic E-state index is 0.164. The minimum Gasteiger partial charge on any atom is -0.317 e. The van der Waals surface area contributed by atoms with Crippen LogP contribution in [0.25, 0.3) is 10.2 Å². The van der Waals surface area contributed by atoms with Crippen LogP contribution in [0.1, 0.15) is 34.0 Å². The fraction of sp³-hybridized carbons (Fsp3) is 0.231. The van der Waals surface area contributed by atoms with E-state index in [1.54, 1.807) is 12.1 Å². The lowest BCUT2D eigenvalue weighted by Crippen LogP contribution is -2.29. The van der Waals surface area contributed by atoms with Crippen molar-refractivity contribution >= 4 is 43.2 Å². The lowest BCUT2D eigenvalue weighted by atomic mass is 10.1. The molecular weight excluding hydrogens is 466 g/mol. The molecule has 3 aromatic carbocycles. The number of rotatable bonds is 4. The Kier molecular flexibility index (Phi) is 5.65. The highest BCUT2D eigenvalue weighted by molar-refractivity contribution is 7.92. The van der Waals surface area contributed by atoms with Crippen molar-refractivity contribution in [3.63, 3.8) is 0 Å². The first-order chi connectivity index (χ1) is 16.3. The second-order valence-corrected chi connectivity index (χ2v) is 11.3. The van der Waals surface area contributed by atoms with Gasteiger partial charge in [-0.25, -0.2) is 8.42 Å². The van der Waals surface area contributed by atoms with E-state index in [0.717, 1.165) is 27.0 Å². The second kappa shape index (κ2) is 8.52. The normalized spacial score (nSPS) is 14.1. The first-order valence-electron chi connectivity index (χ1n) is 11.2. The zero-order chi connectivity index (χ0) is 24.0. The average Bonchev–Trinajstić information content (AvgIpc) is 3.41. The lowest BCUT2D eigenvalue weighted by molar-refractivity contribution is 0.0997. The van der Waals surface area contributed by atoms with E-state index in [0.29, 0.717) is 29.9 Å². The number of carbonyl (C=O) groups excluding carboxylic acids is 1. The molecule has 1 amide bonds. The summed E-state index contributed by atoms with van der Waals surface area (Å²) >= 11 is 1.50. The Morgan fingerprint density at radius 2 is 1.79 bits per heavy atom. The molecule has 0 fully saturated rings. The molecule has 0 saturated heterocycles. The fourth-order valence-electron chi connectivity index (χ4n) is 4.51. The maximum atomic E-state index is 13.2. The molecule has 0 spiro atoms. The van der Waals surface area contributed by atoms with Crippen LogP contribution < -0.4 is 9.11 Å². The van der Waals surface area contributed by atoms with Crippen LogP contribution in [0.2, 0.25) is 0 Å². The van der Waals surface area contributed by atoms with Crippen LogP contribution in [0.3, 0.4) is 0 Å². The van der Waals surface area contributed by atoms with E-state index >= 15 is 0 Å². The predicted molar refractivity (Wildman–Crippen MR) is 136 cm³/mol. The molecule has 6 nitrogen and oxygen atoms in total. The summed E-state index contributed by atoms with van der Waals surface area (Å²) in [6.07, 6.45) is 0.691. The number of hydrogen-bond donors (Lipinski definition) is 0. The molecule has 0 saturated carbocycles. The third-order valence-corrected chi connectivity index (χ3v) is 9.22. The van der Waals surface area contributed by atoms with Gasteiger partial charge in [-0.3, -0.25) is 9.10 Å². The molecule has 174 valence electrons. The molecule has 0 aliphatic carbocycles. The molecule has 0 radical (unpaired) electrons. The SMILES string of the molecule is CCn1c(=NC(=O)c2ccc(S(=O)(=O)N3CCc4ccccc43)cc2)sc2c(C)cc(C)cc21. The molecule has 1 aliphatic rings. The molecule has 0 atom stereocenters. The minimum atomic E-state index is -3.70. The highest BCUT2D eigenvalue weighted by Crippen LogP contribution is 2.32. The van der Waals surface area contributed by atoms with Crippen molar-refractivity contribution in [3.05, 3.63) is 87.7 Å². The van der Waals surface area contributed by atoms with Gasteiger partial charge < -0.3 is 4.57 Å². The van der Waals surface area contributed by atoms with Gasteiger partial charge in [0.25, 0.3) is 15.9 Å². The van der Waals surface area contributed by atoms with Crippen LogP contribution in [0.15, 0.2) is 70.6 Å². The van der Waals surface area contributed by atoms with Crippen molar-refractivity contribution in [2.24, 2.45) is 4.99 Å². The van der Waals surface area contributed by atoms with Crippen molar-refractivity contribution in [2.45, 2.75) is 38.6 Å². The van der Waals surface area contributed by atoms with Crippen molar-refractivity contribution < 1.29 is 13.2 Å². The number of aromatic nitrogens is 1. The second-order valence-electron chi connectivity index (χ2n) is 8.46. The number of carbonyl (C=O) groups is 1. The molecule has 0 bridgehead atoms. The summed E-state index contributed by atoms with van der Waals surface area (Å²) in [4.78, 5) is 18.2. The first kappa shape index (κ1) is 22.6. The zero-order valence-corrected chi connectivity index (χ0v) is 20.9. The van der Waals surface area contributed by atoms with Crippen molar-refractivity contribution in [1.82, 2.24) is 4.57 Å². The van der Waals surface area contributed by atoms with Crippen LogP contribution in [0.4, 0.5) is 5.69 Å². The van der Waals surface area contributed by atoms with Crippen LogP contribution in [0, 0.1) is 13.8 Å². The summed E-state index contributed by atoms with van der Waals surface area (Å²) in [6, 6.07) is 17.8. The van der Waals surface area contributed by atoms with E-state index in [-0.39, 0.29) is 4.90 Å². The maximum absolute atomic E-state index is 13.2. The van der Waals surface area contributed by atoms with E-state index < -0.39 is 15.9 Å². The molecule has 5 rings (SSSR count). The monoisotopic (exact) mass is 491 g/mol. The van der Waals surface area contributed by atoms with Gasteiger partial charge >= 0.3 is 0 Å². The molecule has 2 heterocycles. The van der Waals surface area contributed by atoms with E-state index in [4.69, 9.17) is 0 Å². The first-order valence-corrected chi connectivity index (χ1v) is 13.5. The van der Waals surface area contributed by atoms with Gasteiger partial charge in [-0.15, -0.1) is 0 Å². The molecule has 1 aromatic heterocycles. The number of aryl methyl sites for hydroxylation is 3. The lowest BCUT2D eigenvalue weighted by Gasteiger charge is -2.19. The Bertz CT molecular complexity index is 1600. The number of para-hydroxylation sites is 1. The smallest absolute Gasteiger partial charge is 0.279 e. The van der Waals surface area contributed by atoms with Crippen LogP contribution in [0.5, 0.6) is 0 Å². The van der Waals surface area contributed by atoms with E-state index in [1.807, 2.05) is 35.8 Å². The molecular formula is C26H25N3O3S2. The number of nitrogens with zero attached hydrogens (tertiary/aromatic N) is 3. The molecule has 0 unspecified atom stereocenters.